The molecule has 100 valence electrons. The summed E-state index contributed by atoms with van der Waals surface area (Å²) in [5, 5.41) is 3.23. The molecule has 0 fully saturated rings. The monoisotopic (exact) mass is 249 g/mol. The van der Waals surface area contributed by atoms with Gasteiger partial charge in [-0.15, -0.1) is 0 Å². The summed E-state index contributed by atoms with van der Waals surface area (Å²) in [7, 11) is 0. The first kappa shape index (κ1) is 13.4. The molecule has 1 nitrogen and oxygen atoms in total. The van der Waals surface area contributed by atoms with Gasteiger partial charge in [0.25, 0.3) is 0 Å². The van der Waals surface area contributed by atoms with Crippen molar-refractivity contribution in [1.29, 1.82) is 0 Å². The molecule has 0 radical (unpaired) electrons. The van der Waals surface area contributed by atoms with Crippen LogP contribution in [0.1, 0.15) is 57.4 Å². The number of fused-ring (bicyclic) bond motifs is 1. The molecule has 1 aromatic carbocycles. The van der Waals surface area contributed by atoms with Crippen LogP contribution < -0.4 is 5.32 Å². The Morgan fingerprint density at radius 1 is 1.33 bits per heavy atom. The van der Waals surface area contributed by atoms with E-state index in [2.05, 4.69) is 25.2 Å². The average molecular weight is 249 g/mol. The molecule has 1 aromatic rings. The second kappa shape index (κ2) is 6.21. The van der Waals surface area contributed by atoms with Crippen molar-refractivity contribution in [2.75, 3.05) is 11.9 Å². The minimum atomic E-state index is -0.104. The van der Waals surface area contributed by atoms with E-state index >= 15 is 0 Å². The largest absolute Gasteiger partial charge is 0.382 e. The molecule has 2 atom stereocenters. The number of unbranched alkanes of at least 4 members (excludes halogenated alkanes) is 3. The molecule has 2 rings (SSSR count). The van der Waals surface area contributed by atoms with Gasteiger partial charge >= 0.3 is 0 Å². The number of nitrogens with one attached hydrogen (secondary N) is 1. The number of anilines is 1. The first-order valence-electron chi connectivity index (χ1n) is 7.26. The SMILES string of the molecule is CCCCCCC(C)C1CNc2c(F)cccc21. The van der Waals surface area contributed by atoms with Crippen molar-refractivity contribution in [3.63, 3.8) is 0 Å². The highest BCUT2D eigenvalue weighted by Gasteiger charge is 2.28. The molecule has 2 unspecified atom stereocenters. The lowest BCUT2D eigenvalue weighted by molar-refractivity contribution is 0.427. The molecule has 0 saturated heterocycles. The van der Waals surface area contributed by atoms with Crippen molar-refractivity contribution in [2.45, 2.75) is 51.9 Å². The molecule has 1 aliphatic heterocycles. The lowest BCUT2D eigenvalue weighted by atomic mass is 9.85. The fourth-order valence-corrected chi connectivity index (χ4v) is 2.96. The van der Waals surface area contributed by atoms with Crippen LogP contribution in [0.3, 0.4) is 0 Å². The third-order valence-corrected chi connectivity index (χ3v) is 4.14. The fraction of sp³-hybridized carbons (Fsp3) is 0.625. The molecule has 0 spiro atoms. The van der Waals surface area contributed by atoms with Gasteiger partial charge in [-0.25, -0.2) is 4.39 Å². The summed E-state index contributed by atoms with van der Waals surface area (Å²) >= 11 is 0. The van der Waals surface area contributed by atoms with Crippen molar-refractivity contribution >= 4 is 5.69 Å². The van der Waals surface area contributed by atoms with Crippen LogP contribution in [0.4, 0.5) is 10.1 Å². The van der Waals surface area contributed by atoms with E-state index in [1.807, 2.05) is 6.07 Å². The Morgan fingerprint density at radius 2 is 2.17 bits per heavy atom. The van der Waals surface area contributed by atoms with E-state index < -0.39 is 0 Å². The van der Waals surface area contributed by atoms with E-state index in [1.54, 1.807) is 6.07 Å². The normalized spacial score (nSPS) is 19.4. The third-order valence-electron chi connectivity index (χ3n) is 4.14. The van der Waals surface area contributed by atoms with Gasteiger partial charge in [-0.2, -0.15) is 0 Å². The fourth-order valence-electron chi connectivity index (χ4n) is 2.96. The predicted octanol–water partition coefficient (Wildman–Crippen LogP) is 4.94. The summed E-state index contributed by atoms with van der Waals surface area (Å²) in [6.45, 7) is 5.44. The molecular weight excluding hydrogens is 225 g/mol. The van der Waals surface area contributed by atoms with Crippen LogP contribution in [0.15, 0.2) is 18.2 Å². The zero-order chi connectivity index (χ0) is 13.0. The van der Waals surface area contributed by atoms with E-state index in [4.69, 9.17) is 0 Å². The molecule has 1 aliphatic rings. The van der Waals surface area contributed by atoms with Crippen molar-refractivity contribution in [3.8, 4) is 0 Å². The minimum Gasteiger partial charge on any atom is -0.382 e. The summed E-state index contributed by atoms with van der Waals surface area (Å²) in [5.74, 6) is 1.02. The molecule has 1 heterocycles. The molecular formula is C16H24FN. The number of benzene rings is 1. The predicted molar refractivity (Wildman–Crippen MR) is 75.6 cm³/mol. The van der Waals surface area contributed by atoms with Crippen molar-refractivity contribution in [3.05, 3.63) is 29.6 Å². The topological polar surface area (TPSA) is 12.0 Å². The molecule has 2 heteroatoms. The summed E-state index contributed by atoms with van der Waals surface area (Å²) in [5.41, 5.74) is 1.92. The lowest BCUT2D eigenvalue weighted by Gasteiger charge is -2.19. The Labute approximate surface area is 110 Å². The van der Waals surface area contributed by atoms with E-state index in [-0.39, 0.29) is 5.82 Å². The van der Waals surface area contributed by atoms with Crippen LogP contribution in [0.2, 0.25) is 0 Å². The first-order chi connectivity index (χ1) is 8.74. The maximum absolute atomic E-state index is 13.6. The highest BCUT2D eigenvalue weighted by molar-refractivity contribution is 5.58. The first-order valence-corrected chi connectivity index (χ1v) is 7.26. The van der Waals surface area contributed by atoms with Crippen LogP contribution in [-0.2, 0) is 0 Å². The van der Waals surface area contributed by atoms with E-state index in [1.165, 1.54) is 37.7 Å². The van der Waals surface area contributed by atoms with Crippen molar-refractivity contribution in [2.24, 2.45) is 5.92 Å². The van der Waals surface area contributed by atoms with Crippen LogP contribution >= 0.6 is 0 Å². The van der Waals surface area contributed by atoms with Gasteiger partial charge in [0.05, 0.1) is 5.69 Å². The van der Waals surface area contributed by atoms with Crippen molar-refractivity contribution in [1.82, 2.24) is 0 Å². The van der Waals surface area contributed by atoms with Crippen LogP contribution in [-0.4, -0.2) is 6.54 Å². The number of rotatable bonds is 6. The molecule has 1 N–H and O–H groups in total. The zero-order valence-corrected chi connectivity index (χ0v) is 11.5. The second-order valence-corrected chi connectivity index (χ2v) is 5.52. The van der Waals surface area contributed by atoms with Gasteiger partial charge in [-0.1, -0.05) is 58.1 Å². The second-order valence-electron chi connectivity index (χ2n) is 5.52. The quantitative estimate of drug-likeness (QED) is 0.704. The Balaban J connectivity index is 1.94. The maximum Gasteiger partial charge on any atom is 0.146 e. The van der Waals surface area contributed by atoms with Crippen molar-refractivity contribution < 1.29 is 4.39 Å². The van der Waals surface area contributed by atoms with Crippen LogP contribution in [0, 0.1) is 11.7 Å². The van der Waals surface area contributed by atoms with E-state index in [9.17, 15) is 4.39 Å². The summed E-state index contributed by atoms with van der Waals surface area (Å²) in [4.78, 5) is 0. The molecule has 0 saturated carbocycles. The third kappa shape index (κ3) is 2.85. The highest BCUT2D eigenvalue weighted by atomic mass is 19.1. The number of para-hydroxylation sites is 1. The zero-order valence-electron chi connectivity index (χ0n) is 11.5. The maximum atomic E-state index is 13.6. The van der Waals surface area contributed by atoms with Gasteiger partial charge in [-0.05, 0) is 17.5 Å². The number of halogens is 1. The lowest BCUT2D eigenvalue weighted by Crippen LogP contribution is -2.12. The Morgan fingerprint density at radius 3 is 2.94 bits per heavy atom. The highest BCUT2D eigenvalue weighted by Crippen LogP contribution is 2.39. The van der Waals surface area contributed by atoms with Gasteiger partial charge in [0, 0.05) is 12.5 Å². The Hall–Kier alpha value is -1.05. The van der Waals surface area contributed by atoms with E-state index in [0.717, 1.165) is 12.2 Å². The van der Waals surface area contributed by atoms with Gasteiger partial charge in [-0.3, -0.25) is 0 Å². The molecule has 0 amide bonds. The van der Waals surface area contributed by atoms with Gasteiger partial charge in [0.15, 0.2) is 0 Å². The molecule has 0 aliphatic carbocycles. The van der Waals surface area contributed by atoms with Gasteiger partial charge < -0.3 is 5.32 Å². The standard InChI is InChI=1S/C16H24FN/c1-3-4-5-6-8-12(2)14-11-18-16-13(14)9-7-10-15(16)17/h7,9-10,12,14,18H,3-6,8,11H2,1-2H3. The van der Waals surface area contributed by atoms with Gasteiger partial charge in [0.1, 0.15) is 5.82 Å². The minimum absolute atomic E-state index is 0.104. The number of hydrogen-bond acceptors (Lipinski definition) is 1. The Kier molecular flexibility index (Phi) is 4.62. The summed E-state index contributed by atoms with van der Waals surface area (Å²) in [6, 6.07) is 5.45. The van der Waals surface area contributed by atoms with Gasteiger partial charge in [0.2, 0.25) is 0 Å². The molecule has 0 bridgehead atoms. The molecule has 18 heavy (non-hydrogen) atoms. The Bertz CT molecular complexity index is 389. The number of hydrogen-bond donors (Lipinski definition) is 1. The summed E-state index contributed by atoms with van der Waals surface area (Å²) < 4.78 is 13.6. The van der Waals surface area contributed by atoms with Crippen LogP contribution in [0.5, 0.6) is 0 Å². The smallest absolute Gasteiger partial charge is 0.146 e. The van der Waals surface area contributed by atoms with E-state index in [0.29, 0.717) is 11.8 Å². The van der Waals surface area contributed by atoms with Crippen LogP contribution in [0.25, 0.3) is 0 Å². The average Bonchev–Trinajstić information content (AvgIpc) is 2.80. The summed E-state index contributed by atoms with van der Waals surface area (Å²) in [6.07, 6.45) is 6.50. The molecule has 0 aromatic heterocycles.